The number of para-hydroxylation sites is 1. The summed E-state index contributed by atoms with van der Waals surface area (Å²) in [6.07, 6.45) is 0. The first-order valence-corrected chi connectivity index (χ1v) is 12.0. The molecule has 35 heavy (non-hydrogen) atoms. The van der Waals surface area contributed by atoms with E-state index in [-0.39, 0.29) is 30.9 Å². The van der Waals surface area contributed by atoms with Crippen LogP contribution in [0.4, 0.5) is 11.4 Å². The lowest BCUT2D eigenvalue weighted by Crippen LogP contribution is -2.29. The van der Waals surface area contributed by atoms with Crippen molar-refractivity contribution in [3.05, 3.63) is 100 Å². The number of rotatable bonds is 6. The van der Waals surface area contributed by atoms with E-state index in [0.717, 1.165) is 16.9 Å². The molecule has 4 aromatic rings. The smallest absolute Gasteiger partial charge is 0.326 e. The van der Waals surface area contributed by atoms with Gasteiger partial charge in [0.25, 0.3) is 11.8 Å². The lowest BCUT2D eigenvalue weighted by molar-refractivity contribution is -0.143. The Morgan fingerprint density at radius 3 is 2.29 bits per heavy atom. The van der Waals surface area contributed by atoms with Gasteiger partial charge in [0, 0.05) is 10.9 Å². The highest BCUT2D eigenvalue weighted by molar-refractivity contribution is 7.07. The summed E-state index contributed by atoms with van der Waals surface area (Å²) in [5.74, 6) is -1.09. The molecule has 0 aliphatic carbocycles. The van der Waals surface area contributed by atoms with E-state index < -0.39 is 0 Å². The van der Waals surface area contributed by atoms with Crippen LogP contribution in [0.5, 0.6) is 0 Å². The van der Waals surface area contributed by atoms with Crippen LogP contribution in [-0.2, 0) is 16.1 Å². The Kier molecular flexibility index (Phi) is 6.12. The van der Waals surface area contributed by atoms with Crippen molar-refractivity contribution < 1.29 is 19.1 Å². The molecular weight excluding hydrogens is 462 g/mol. The van der Waals surface area contributed by atoms with Crippen molar-refractivity contribution in [2.24, 2.45) is 4.99 Å². The molecule has 7 nitrogen and oxygen atoms in total. The van der Waals surface area contributed by atoms with Gasteiger partial charge in [-0.1, -0.05) is 42.5 Å². The van der Waals surface area contributed by atoms with Crippen molar-refractivity contribution in [3.8, 4) is 11.3 Å². The highest BCUT2D eigenvalue weighted by Crippen LogP contribution is 2.31. The number of ether oxygens (including phenoxy) is 1. The van der Waals surface area contributed by atoms with E-state index in [4.69, 9.17) is 9.73 Å². The van der Waals surface area contributed by atoms with Crippen LogP contribution in [-0.4, -0.2) is 29.0 Å². The summed E-state index contributed by atoms with van der Waals surface area (Å²) in [7, 11) is 0. The quantitative estimate of drug-likeness (QED) is 0.291. The zero-order valence-electron chi connectivity index (χ0n) is 18.9. The fourth-order valence-electron chi connectivity index (χ4n) is 3.98. The van der Waals surface area contributed by atoms with Crippen molar-refractivity contribution in [2.45, 2.75) is 13.5 Å². The van der Waals surface area contributed by atoms with Gasteiger partial charge < -0.3 is 9.30 Å². The molecule has 0 fully saturated rings. The number of hydrogen-bond acceptors (Lipinski definition) is 6. The van der Waals surface area contributed by atoms with E-state index in [1.54, 1.807) is 54.0 Å². The van der Waals surface area contributed by atoms with Crippen LogP contribution < -0.4 is 9.70 Å². The molecule has 0 bridgehead atoms. The summed E-state index contributed by atoms with van der Waals surface area (Å²) >= 11 is 1.40. The predicted octanol–water partition coefficient (Wildman–Crippen LogP) is 4.81. The summed E-state index contributed by atoms with van der Waals surface area (Å²) in [6, 6.07) is 23.4. The molecule has 1 aliphatic heterocycles. The van der Waals surface area contributed by atoms with Crippen LogP contribution in [0, 0.1) is 0 Å². The highest BCUT2D eigenvalue weighted by atomic mass is 32.1. The van der Waals surface area contributed by atoms with Crippen molar-refractivity contribution >= 4 is 40.5 Å². The molecule has 2 amide bonds. The standard InChI is InChI=1S/C27H21N3O4S/c1-2-34-24(31)16-29-23(17-35-27(29)28-19-10-4-3-5-11-19)18-9-8-12-20(15-18)30-25(32)21-13-6-7-14-22(21)26(30)33/h3-15,17H,2,16H2,1H3. The molecule has 174 valence electrons. The maximum absolute atomic E-state index is 13.0. The summed E-state index contributed by atoms with van der Waals surface area (Å²) < 4.78 is 6.97. The van der Waals surface area contributed by atoms with Crippen LogP contribution in [0.25, 0.3) is 11.3 Å². The van der Waals surface area contributed by atoms with Crippen LogP contribution in [0.2, 0.25) is 0 Å². The molecule has 8 heteroatoms. The Labute approximate surface area is 205 Å². The van der Waals surface area contributed by atoms with Gasteiger partial charge in [0.05, 0.1) is 34.8 Å². The van der Waals surface area contributed by atoms with Crippen LogP contribution >= 0.6 is 11.3 Å². The van der Waals surface area contributed by atoms with Crippen LogP contribution in [0.3, 0.4) is 0 Å². The third-order valence-corrected chi connectivity index (χ3v) is 6.43. The number of nitrogens with zero attached hydrogens (tertiary/aromatic N) is 3. The fraction of sp³-hybridized carbons (Fsp3) is 0.111. The molecule has 1 aliphatic rings. The van der Waals surface area contributed by atoms with Gasteiger partial charge in [0.15, 0.2) is 4.80 Å². The Balaban J connectivity index is 1.58. The van der Waals surface area contributed by atoms with Gasteiger partial charge in [-0.3, -0.25) is 14.4 Å². The molecule has 5 rings (SSSR count). The zero-order valence-corrected chi connectivity index (χ0v) is 19.7. The molecule has 0 radical (unpaired) electrons. The van der Waals surface area contributed by atoms with Gasteiger partial charge in [-0.2, -0.15) is 0 Å². The Morgan fingerprint density at radius 1 is 0.914 bits per heavy atom. The minimum absolute atomic E-state index is 0.0183. The van der Waals surface area contributed by atoms with Gasteiger partial charge in [-0.15, -0.1) is 11.3 Å². The first-order chi connectivity index (χ1) is 17.1. The van der Waals surface area contributed by atoms with E-state index in [2.05, 4.69) is 0 Å². The topological polar surface area (TPSA) is 81.0 Å². The largest absolute Gasteiger partial charge is 0.465 e. The van der Waals surface area contributed by atoms with Gasteiger partial charge in [0.2, 0.25) is 0 Å². The number of anilines is 1. The number of hydrogen-bond donors (Lipinski definition) is 0. The molecule has 2 heterocycles. The van der Waals surface area contributed by atoms with Crippen molar-refractivity contribution in [1.29, 1.82) is 0 Å². The predicted molar refractivity (Wildman–Crippen MR) is 134 cm³/mol. The number of fused-ring (bicyclic) bond motifs is 1. The lowest BCUT2D eigenvalue weighted by Gasteiger charge is -2.16. The third-order valence-electron chi connectivity index (χ3n) is 5.57. The summed E-state index contributed by atoms with van der Waals surface area (Å²) in [6.45, 7) is 2.02. The average molecular weight is 484 g/mol. The zero-order chi connectivity index (χ0) is 24.4. The maximum Gasteiger partial charge on any atom is 0.326 e. The Bertz CT molecular complexity index is 1470. The van der Waals surface area contributed by atoms with E-state index in [1.807, 2.05) is 41.8 Å². The molecule has 0 spiro atoms. The number of aromatic nitrogens is 1. The van der Waals surface area contributed by atoms with Gasteiger partial charge in [-0.25, -0.2) is 9.89 Å². The highest BCUT2D eigenvalue weighted by Gasteiger charge is 2.36. The van der Waals surface area contributed by atoms with Crippen LogP contribution in [0.15, 0.2) is 89.2 Å². The summed E-state index contributed by atoms with van der Waals surface area (Å²) in [5.41, 5.74) is 3.48. The second-order valence-electron chi connectivity index (χ2n) is 7.78. The second-order valence-corrected chi connectivity index (χ2v) is 8.62. The molecule has 0 N–H and O–H groups in total. The third kappa shape index (κ3) is 4.31. The maximum atomic E-state index is 13.0. The van der Waals surface area contributed by atoms with Gasteiger partial charge >= 0.3 is 5.97 Å². The van der Waals surface area contributed by atoms with Crippen molar-refractivity contribution in [3.63, 3.8) is 0 Å². The molecule has 0 unspecified atom stereocenters. The van der Waals surface area contributed by atoms with E-state index >= 15 is 0 Å². The lowest BCUT2D eigenvalue weighted by atomic mass is 10.1. The van der Waals surface area contributed by atoms with Gasteiger partial charge in [0.1, 0.15) is 6.54 Å². The second kappa shape index (κ2) is 9.52. The molecule has 0 saturated carbocycles. The van der Waals surface area contributed by atoms with E-state index in [0.29, 0.717) is 21.6 Å². The van der Waals surface area contributed by atoms with Crippen molar-refractivity contribution in [2.75, 3.05) is 11.5 Å². The summed E-state index contributed by atoms with van der Waals surface area (Å²) in [5, 5.41) is 1.91. The molecule has 1 aromatic heterocycles. The normalized spacial score (nSPS) is 13.3. The number of imide groups is 1. The molecular formula is C27H21N3O4S. The first kappa shape index (κ1) is 22.5. The number of carbonyl (C=O) groups excluding carboxylic acids is 3. The number of esters is 1. The molecule has 0 atom stereocenters. The number of thiazole rings is 1. The minimum atomic E-state index is -0.377. The molecule has 3 aromatic carbocycles. The van der Waals surface area contributed by atoms with E-state index in [1.165, 1.54) is 16.2 Å². The number of amides is 2. The SMILES string of the molecule is CCOC(=O)Cn1c(-c2cccc(N3C(=O)c4ccccc4C3=O)c2)csc1=Nc1ccccc1. The average Bonchev–Trinajstić information content (AvgIpc) is 3.38. The van der Waals surface area contributed by atoms with E-state index in [9.17, 15) is 14.4 Å². The fourth-order valence-corrected chi connectivity index (χ4v) is 4.91. The molecule has 0 saturated heterocycles. The number of benzene rings is 3. The Hall–Kier alpha value is -4.30. The Morgan fingerprint density at radius 2 is 1.60 bits per heavy atom. The summed E-state index contributed by atoms with van der Waals surface area (Å²) in [4.78, 5) is 44.9. The monoisotopic (exact) mass is 483 g/mol. The van der Waals surface area contributed by atoms with Gasteiger partial charge in [-0.05, 0) is 43.3 Å². The van der Waals surface area contributed by atoms with Crippen molar-refractivity contribution in [1.82, 2.24) is 4.57 Å². The number of carbonyl (C=O) groups is 3. The first-order valence-electron chi connectivity index (χ1n) is 11.1. The van der Waals surface area contributed by atoms with Crippen LogP contribution in [0.1, 0.15) is 27.6 Å². The minimum Gasteiger partial charge on any atom is -0.465 e.